The molecule has 2 heterocycles. The van der Waals surface area contributed by atoms with Crippen LogP contribution in [-0.2, 0) is 15.9 Å². The van der Waals surface area contributed by atoms with Crippen LogP contribution in [0.1, 0.15) is 17.8 Å². The molecule has 0 unspecified atom stereocenters. The van der Waals surface area contributed by atoms with Crippen molar-refractivity contribution in [3.63, 3.8) is 0 Å². The van der Waals surface area contributed by atoms with Gasteiger partial charge in [-0.3, -0.25) is 0 Å². The van der Waals surface area contributed by atoms with Gasteiger partial charge in [-0.2, -0.15) is 0 Å². The van der Waals surface area contributed by atoms with E-state index in [1.54, 1.807) is 0 Å². The number of hydrogen-bond donors (Lipinski definition) is 1. The third-order valence-corrected chi connectivity index (χ3v) is 2.64. The molecule has 1 saturated heterocycles. The zero-order valence-corrected chi connectivity index (χ0v) is 7.84. The van der Waals surface area contributed by atoms with E-state index in [4.69, 9.17) is 14.7 Å². The maximum atomic E-state index is 8.87. The molecule has 0 bridgehead atoms. The lowest BCUT2D eigenvalue weighted by atomic mass is 9.93. The van der Waals surface area contributed by atoms with Crippen molar-refractivity contribution >= 4 is 5.71 Å². The van der Waals surface area contributed by atoms with Crippen molar-refractivity contribution in [3.05, 3.63) is 11.4 Å². The fourth-order valence-electron chi connectivity index (χ4n) is 1.98. The van der Waals surface area contributed by atoms with Crippen LogP contribution in [0.5, 0.6) is 0 Å². The molecule has 2 aliphatic rings. The van der Waals surface area contributed by atoms with E-state index in [2.05, 4.69) is 20.1 Å². The molecule has 0 radical (unpaired) electrons. The van der Waals surface area contributed by atoms with Crippen LogP contribution in [0.15, 0.2) is 9.78 Å². The topological polar surface area (TPSA) is 90.0 Å². The summed E-state index contributed by atoms with van der Waals surface area (Å²) < 4.78 is 15.6. The molecule has 1 N–H and O–H groups in total. The molecule has 0 atom stereocenters. The highest BCUT2D eigenvalue weighted by Crippen LogP contribution is 2.34. The summed E-state index contributed by atoms with van der Waals surface area (Å²) in [7, 11) is 0. The number of ether oxygens (including phenoxy) is 2. The Hall–Kier alpha value is -1.47. The first-order valence-corrected chi connectivity index (χ1v) is 4.64. The Labute approximate surface area is 84.6 Å². The van der Waals surface area contributed by atoms with E-state index in [0.29, 0.717) is 43.2 Å². The summed E-state index contributed by atoms with van der Waals surface area (Å²) in [5.74, 6) is -0.743. The minimum atomic E-state index is -0.743. The maximum Gasteiger partial charge on any atom is 0.179 e. The fourth-order valence-corrected chi connectivity index (χ4v) is 1.98. The summed E-state index contributed by atoms with van der Waals surface area (Å²) in [5.41, 5.74) is 1.48. The Morgan fingerprint density at radius 1 is 1.20 bits per heavy atom. The van der Waals surface area contributed by atoms with Crippen molar-refractivity contribution in [3.8, 4) is 0 Å². The molecule has 0 amide bonds. The number of oxime groups is 1. The summed E-state index contributed by atoms with van der Waals surface area (Å²) >= 11 is 0. The highest BCUT2D eigenvalue weighted by Gasteiger charge is 2.45. The second-order valence-electron chi connectivity index (χ2n) is 3.57. The lowest BCUT2D eigenvalue weighted by Gasteiger charge is -2.29. The maximum absolute atomic E-state index is 8.87. The summed E-state index contributed by atoms with van der Waals surface area (Å²) in [6.45, 7) is 1.08. The molecule has 0 saturated carbocycles. The quantitative estimate of drug-likeness (QED) is 0.477. The van der Waals surface area contributed by atoms with Gasteiger partial charge in [0.15, 0.2) is 11.5 Å². The normalized spacial score (nSPS) is 26.0. The van der Waals surface area contributed by atoms with Crippen molar-refractivity contribution in [2.24, 2.45) is 5.16 Å². The van der Waals surface area contributed by atoms with Crippen LogP contribution in [0.2, 0.25) is 0 Å². The van der Waals surface area contributed by atoms with Gasteiger partial charge in [0.05, 0.1) is 26.1 Å². The second-order valence-corrected chi connectivity index (χ2v) is 3.57. The zero-order chi connectivity index (χ0) is 10.3. The molecule has 0 aromatic carbocycles. The zero-order valence-electron chi connectivity index (χ0n) is 7.84. The van der Waals surface area contributed by atoms with Gasteiger partial charge in [-0.1, -0.05) is 10.3 Å². The molecule has 7 heteroatoms. The Bertz CT molecular complexity index is 408. The first-order valence-electron chi connectivity index (χ1n) is 4.64. The summed E-state index contributed by atoms with van der Waals surface area (Å²) in [4.78, 5) is 0. The standard InChI is InChI=1S/C8H9N3O4/c12-9-5-3-8(13-1-2-14-8)4-6-7(5)11-15-10-6/h12H,1-4H2/b9-5-. The smallest absolute Gasteiger partial charge is 0.179 e. The molecule has 1 aromatic heterocycles. The average Bonchev–Trinajstić information content (AvgIpc) is 2.86. The van der Waals surface area contributed by atoms with Gasteiger partial charge in [-0.05, 0) is 5.16 Å². The third-order valence-electron chi connectivity index (χ3n) is 2.64. The summed E-state index contributed by atoms with van der Waals surface area (Å²) in [6, 6.07) is 0. The molecule has 3 rings (SSSR count). The number of nitrogens with zero attached hydrogens (tertiary/aromatic N) is 3. The predicted octanol–water partition coefficient (Wildman–Crippen LogP) is -0.0628. The molecule has 15 heavy (non-hydrogen) atoms. The van der Waals surface area contributed by atoms with E-state index in [0.717, 1.165) is 0 Å². The third kappa shape index (κ3) is 1.24. The van der Waals surface area contributed by atoms with E-state index in [-0.39, 0.29) is 0 Å². The lowest BCUT2D eigenvalue weighted by Crippen LogP contribution is -2.40. The molecule has 1 fully saturated rings. The van der Waals surface area contributed by atoms with Crippen LogP contribution in [0.3, 0.4) is 0 Å². The number of hydrogen-bond acceptors (Lipinski definition) is 7. The Morgan fingerprint density at radius 3 is 2.73 bits per heavy atom. The SMILES string of the molecule is O/N=C1/CC2(Cc3nonc31)OCCO2. The predicted molar refractivity (Wildman–Crippen MR) is 45.6 cm³/mol. The van der Waals surface area contributed by atoms with Gasteiger partial charge in [0, 0.05) is 0 Å². The molecule has 1 aliphatic carbocycles. The van der Waals surface area contributed by atoms with Crippen LogP contribution < -0.4 is 0 Å². The Morgan fingerprint density at radius 2 is 2.00 bits per heavy atom. The van der Waals surface area contributed by atoms with E-state index in [9.17, 15) is 0 Å². The van der Waals surface area contributed by atoms with Gasteiger partial charge in [0.25, 0.3) is 0 Å². The van der Waals surface area contributed by atoms with Gasteiger partial charge in [0.2, 0.25) is 0 Å². The number of fused-ring (bicyclic) bond motifs is 1. The van der Waals surface area contributed by atoms with Crippen molar-refractivity contribution < 1.29 is 19.3 Å². The van der Waals surface area contributed by atoms with E-state index >= 15 is 0 Å². The van der Waals surface area contributed by atoms with Crippen molar-refractivity contribution in [2.45, 2.75) is 18.6 Å². The Balaban J connectivity index is 2.03. The first-order chi connectivity index (χ1) is 7.33. The van der Waals surface area contributed by atoms with Crippen LogP contribution in [0, 0.1) is 0 Å². The minimum absolute atomic E-state index is 0.366. The van der Waals surface area contributed by atoms with Gasteiger partial charge in [0.1, 0.15) is 11.4 Å². The van der Waals surface area contributed by atoms with Crippen molar-refractivity contribution in [1.82, 2.24) is 10.3 Å². The summed E-state index contributed by atoms with van der Waals surface area (Å²) in [5, 5.41) is 19.5. The molecule has 1 aromatic rings. The summed E-state index contributed by atoms with van der Waals surface area (Å²) in [6.07, 6.45) is 0.843. The van der Waals surface area contributed by atoms with E-state index in [1.807, 2.05) is 0 Å². The highest BCUT2D eigenvalue weighted by atomic mass is 16.7. The van der Waals surface area contributed by atoms with E-state index in [1.165, 1.54) is 0 Å². The van der Waals surface area contributed by atoms with Crippen LogP contribution in [0.25, 0.3) is 0 Å². The lowest BCUT2D eigenvalue weighted by molar-refractivity contribution is -0.152. The molecule has 7 nitrogen and oxygen atoms in total. The highest BCUT2D eigenvalue weighted by molar-refractivity contribution is 6.00. The largest absolute Gasteiger partial charge is 0.411 e. The van der Waals surface area contributed by atoms with Gasteiger partial charge in [-0.15, -0.1) is 0 Å². The van der Waals surface area contributed by atoms with E-state index < -0.39 is 5.79 Å². The van der Waals surface area contributed by atoms with Crippen LogP contribution in [0.4, 0.5) is 0 Å². The van der Waals surface area contributed by atoms with Crippen molar-refractivity contribution in [1.29, 1.82) is 0 Å². The van der Waals surface area contributed by atoms with Crippen LogP contribution >= 0.6 is 0 Å². The van der Waals surface area contributed by atoms with Gasteiger partial charge >= 0.3 is 0 Å². The molecular formula is C8H9N3O4. The average molecular weight is 211 g/mol. The molecule has 1 spiro atoms. The fraction of sp³-hybridized carbons (Fsp3) is 0.625. The van der Waals surface area contributed by atoms with Crippen LogP contribution in [-0.4, -0.2) is 40.2 Å². The first kappa shape index (κ1) is 8.81. The number of rotatable bonds is 0. The van der Waals surface area contributed by atoms with Crippen molar-refractivity contribution in [2.75, 3.05) is 13.2 Å². The van der Waals surface area contributed by atoms with Gasteiger partial charge < -0.3 is 14.7 Å². The van der Waals surface area contributed by atoms with Gasteiger partial charge in [-0.25, -0.2) is 4.63 Å². The molecule has 1 aliphatic heterocycles. The molecular weight excluding hydrogens is 202 g/mol. The molecule has 80 valence electrons. The monoisotopic (exact) mass is 211 g/mol. The number of aromatic nitrogens is 2. The Kier molecular flexibility index (Phi) is 1.77. The minimum Gasteiger partial charge on any atom is -0.411 e. The second kappa shape index (κ2) is 3.01.